The van der Waals surface area contributed by atoms with Gasteiger partial charge in [0.1, 0.15) is 11.5 Å². The van der Waals surface area contributed by atoms with Gasteiger partial charge >= 0.3 is 0 Å². The van der Waals surface area contributed by atoms with Crippen molar-refractivity contribution in [3.8, 4) is 17.4 Å². The molecule has 2 aromatic rings. The fourth-order valence-corrected chi connectivity index (χ4v) is 1.87. The molecule has 1 N–H and O–H groups in total. The summed E-state index contributed by atoms with van der Waals surface area (Å²) in [6.45, 7) is 6.18. The first-order valence-corrected chi connectivity index (χ1v) is 6.86. The molecule has 0 atom stereocenters. The highest BCUT2D eigenvalue weighted by Gasteiger charge is 2.17. The summed E-state index contributed by atoms with van der Waals surface area (Å²) in [4.78, 5) is 4.53. The zero-order valence-electron chi connectivity index (χ0n) is 12.9. The maximum absolute atomic E-state index is 9.40. The molecule has 4 heteroatoms. The average molecular weight is 287 g/mol. The Bertz CT molecular complexity index is 618. The van der Waals surface area contributed by atoms with Crippen LogP contribution in [0.5, 0.6) is 17.4 Å². The van der Waals surface area contributed by atoms with Gasteiger partial charge in [0.15, 0.2) is 0 Å². The lowest BCUT2D eigenvalue weighted by Gasteiger charge is -2.19. The number of rotatable bonds is 4. The fourth-order valence-electron chi connectivity index (χ4n) is 1.87. The third-order valence-electron chi connectivity index (χ3n) is 3.08. The molecule has 21 heavy (non-hydrogen) atoms. The minimum atomic E-state index is -0.113. The molecule has 0 spiro atoms. The molecule has 1 aromatic carbocycles. The minimum Gasteiger partial charge on any atom is -0.497 e. The maximum atomic E-state index is 9.40. The Kier molecular flexibility index (Phi) is 4.48. The van der Waals surface area contributed by atoms with E-state index in [4.69, 9.17) is 9.47 Å². The number of pyridine rings is 1. The quantitative estimate of drug-likeness (QED) is 0.932. The molecule has 0 aliphatic carbocycles. The molecule has 0 radical (unpaired) electrons. The molecule has 2 rings (SSSR count). The van der Waals surface area contributed by atoms with Gasteiger partial charge in [-0.05, 0) is 23.8 Å². The zero-order chi connectivity index (χ0) is 15.5. The smallest absolute Gasteiger partial charge is 0.219 e. The van der Waals surface area contributed by atoms with Gasteiger partial charge < -0.3 is 14.6 Å². The number of methoxy groups -OCH3 is 1. The lowest BCUT2D eigenvalue weighted by atomic mass is 9.91. The van der Waals surface area contributed by atoms with Gasteiger partial charge in [0.25, 0.3) is 0 Å². The van der Waals surface area contributed by atoms with Gasteiger partial charge in [0.2, 0.25) is 5.88 Å². The summed E-state index contributed by atoms with van der Waals surface area (Å²) in [7, 11) is 1.61. The van der Waals surface area contributed by atoms with Crippen LogP contribution < -0.4 is 9.47 Å². The summed E-state index contributed by atoms with van der Waals surface area (Å²) in [6, 6.07) is 11.0. The van der Waals surface area contributed by atoms with Crippen LogP contribution in [0.3, 0.4) is 0 Å². The standard InChI is InChI=1S/C17H21NO3/c1-17(2,3)15-8-12(11-19)9-16(18-15)21-14-7-5-6-13(10-14)20-4/h5-10,19H,11H2,1-4H3. The van der Waals surface area contributed by atoms with Crippen molar-refractivity contribution in [1.82, 2.24) is 4.98 Å². The Morgan fingerprint density at radius 2 is 1.81 bits per heavy atom. The molecule has 1 aromatic heterocycles. The summed E-state index contributed by atoms with van der Waals surface area (Å²) in [5.74, 6) is 1.85. The first-order chi connectivity index (χ1) is 9.92. The predicted molar refractivity (Wildman–Crippen MR) is 81.9 cm³/mol. The molecule has 112 valence electrons. The van der Waals surface area contributed by atoms with E-state index in [-0.39, 0.29) is 12.0 Å². The normalized spacial score (nSPS) is 11.3. The molecule has 0 unspecified atom stereocenters. The van der Waals surface area contributed by atoms with E-state index in [0.29, 0.717) is 11.6 Å². The summed E-state index contributed by atoms with van der Waals surface area (Å²) >= 11 is 0. The van der Waals surface area contributed by atoms with Crippen LogP contribution in [-0.2, 0) is 12.0 Å². The largest absolute Gasteiger partial charge is 0.497 e. The van der Waals surface area contributed by atoms with E-state index in [9.17, 15) is 5.11 Å². The molecule has 0 saturated carbocycles. The van der Waals surface area contributed by atoms with E-state index in [2.05, 4.69) is 25.8 Å². The first-order valence-electron chi connectivity index (χ1n) is 6.86. The van der Waals surface area contributed by atoms with Crippen molar-refractivity contribution in [1.29, 1.82) is 0 Å². The van der Waals surface area contributed by atoms with E-state index >= 15 is 0 Å². The number of ether oxygens (including phenoxy) is 2. The number of hydrogen-bond acceptors (Lipinski definition) is 4. The van der Waals surface area contributed by atoms with E-state index in [1.54, 1.807) is 19.2 Å². The van der Waals surface area contributed by atoms with E-state index in [0.717, 1.165) is 17.0 Å². The van der Waals surface area contributed by atoms with Gasteiger partial charge in [0, 0.05) is 17.5 Å². The Labute approximate surface area is 125 Å². The van der Waals surface area contributed by atoms with Crippen LogP contribution in [0, 0.1) is 0 Å². The van der Waals surface area contributed by atoms with Crippen LogP contribution in [0.15, 0.2) is 36.4 Å². The van der Waals surface area contributed by atoms with Crippen molar-refractivity contribution < 1.29 is 14.6 Å². The highest BCUT2D eigenvalue weighted by Crippen LogP contribution is 2.28. The molecule has 1 heterocycles. The Hall–Kier alpha value is -2.07. The number of aliphatic hydroxyl groups is 1. The third kappa shape index (κ3) is 3.95. The van der Waals surface area contributed by atoms with Crippen molar-refractivity contribution in [2.45, 2.75) is 32.8 Å². The van der Waals surface area contributed by atoms with Crippen molar-refractivity contribution in [3.05, 3.63) is 47.7 Å². The number of aromatic nitrogens is 1. The fraction of sp³-hybridized carbons (Fsp3) is 0.353. The van der Waals surface area contributed by atoms with Crippen LogP contribution in [0.1, 0.15) is 32.0 Å². The lowest BCUT2D eigenvalue weighted by molar-refractivity contribution is 0.280. The predicted octanol–water partition coefficient (Wildman–Crippen LogP) is 3.67. The van der Waals surface area contributed by atoms with Gasteiger partial charge in [-0.25, -0.2) is 4.98 Å². The van der Waals surface area contributed by atoms with E-state index in [1.165, 1.54) is 0 Å². The van der Waals surface area contributed by atoms with E-state index in [1.807, 2.05) is 24.3 Å². The second-order valence-electron chi connectivity index (χ2n) is 5.89. The van der Waals surface area contributed by atoms with Crippen molar-refractivity contribution >= 4 is 0 Å². The topological polar surface area (TPSA) is 51.6 Å². The second-order valence-corrected chi connectivity index (χ2v) is 5.89. The number of aliphatic hydroxyl groups excluding tert-OH is 1. The first kappa shape index (κ1) is 15.3. The Morgan fingerprint density at radius 1 is 1.10 bits per heavy atom. The molecule has 0 aliphatic heterocycles. The Morgan fingerprint density at radius 3 is 2.43 bits per heavy atom. The van der Waals surface area contributed by atoms with Crippen LogP contribution in [0.2, 0.25) is 0 Å². The number of benzene rings is 1. The van der Waals surface area contributed by atoms with Gasteiger partial charge in [-0.3, -0.25) is 0 Å². The zero-order valence-corrected chi connectivity index (χ0v) is 12.9. The third-order valence-corrected chi connectivity index (χ3v) is 3.08. The lowest BCUT2D eigenvalue weighted by Crippen LogP contribution is -2.14. The molecule has 0 aliphatic rings. The van der Waals surface area contributed by atoms with Gasteiger partial charge in [0.05, 0.1) is 19.4 Å². The summed E-state index contributed by atoms with van der Waals surface area (Å²) in [5, 5.41) is 9.40. The van der Waals surface area contributed by atoms with Gasteiger partial charge in [-0.2, -0.15) is 0 Å². The average Bonchev–Trinajstić information content (AvgIpc) is 2.46. The van der Waals surface area contributed by atoms with Crippen molar-refractivity contribution in [3.63, 3.8) is 0 Å². The van der Waals surface area contributed by atoms with Crippen LogP contribution >= 0.6 is 0 Å². The SMILES string of the molecule is COc1cccc(Oc2cc(CO)cc(C(C)(C)C)n2)c1. The monoisotopic (exact) mass is 287 g/mol. The summed E-state index contributed by atoms with van der Waals surface area (Å²) < 4.78 is 11.0. The van der Waals surface area contributed by atoms with Crippen LogP contribution in [0.25, 0.3) is 0 Å². The Balaban J connectivity index is 2.34. The highest BCUT2D eigenvalue weighted by molar-refractivity contribution is 5.36. The van der Waals surface area contributed by atoms with Crippen LogP contribution in [-0.4, -0.2) is 17.2 Å². The molecular weight excluding hydrogens is 266 g/mol. The van der Waals surface area contributed by atoms with Crippen LogP contribution in [0.4, 0.5) is 0 Å². The highest BCUT2D eigenvalue weighted by atomic mass is 16.5. The van der Waals surface area contributed by atoms with Gasteiger partial charge in [-0.1, -0.05) is 26.8 Å². The molecule has 0 bridgehead atoms. The number of hydrogen-bond donors (Lipinski definition) is 1. The summed E-state index contributed by atoms with van der Waals surface area (Å²) in [5.41, 5.74) is 1.55. The minimum absolute atomic E-state index is 0.0416. The maximum Gasteiger partial charge on any atom is 0.219 e. The van der Waals surface area contributed by atoms with Crippen molar-refractivity contribution in [2.75, 3.05) is 7.11 Å². The molecular formula is C17H21NO3. The molecule has 0 fully saturated rings. The summed E-state index contributed by atoms with van der Waals surface area (Å²) in [6.07, 6.45) is 0. The second kappa shape index (κ2) is 6.14. The molecule has 4 nitrogen and oxygen atoms in total. The van der Waals surface area contributed by atoms with E-state index < -0.39 is 0 Å². The molecule has 0 saturated heterocycles. The molecule has 0 amide bonds. The number of nitrogens with zero attached hydrogens (tertiary/aromatic N) is 1. The van der Waals surface area contributed by atoms with Crippen molar-refractivity contribution in [2.24, 2.45) is 0 Å². The van der Waals surface area contributed by atoms with Gasteiger partial charge in [-0.15, -0.1) is 0 Å².